The van der Waals surface area contributed by atoms with Crippen molar-refractivity contribution in [3.63, 3.8) is 0 Å². The number of hydrogen-bond donors (Lipinski definition) is 1. The molecule has 1 aromatic heterocycles. The topological polar surface area (TPSA) is 45.4 Å². The average molecular weight is 262 g/mol. The predicted molar refractivity (Wildman–Crippen MR) is 81.5 cm³/mol. The molecule has 2 heterocycles. The van der Waals surface area contributed by atoms with Gasteiger partial charge < -0.3 is 15.5 Å². The third kappa shape index (κ3) is 3.83. The van der Waals surface area contributed by atoms with Gasteiger partial charge in [0.2, 0.25) is 0 Å². The maximum Gasteiger partial charge on any atom is 0.131 e. The maximum atomic E-state index is 5.75. The van der Waals surface area contributed by atoms with Crippen molar-refractivity contribution in [3.8, 4) is 0 Å². The first-order valence-electron chi connectivity index (χ1n) is 7.18. The van der Waals surface area contributed by atoms with Crippen molar-refractivity contribution in [3.05, 3.63) is 17.8 Å². The van der Waals surface area contributed by atoms with Crippen LogP contribution in [0.25, 0.3) is 0 Å². The standard InChI is InChI=1S/C15H26N4/c1-12-9-14(16)10-17-15(12)19(3)8-6-13-5-4-7-18(2)11-13/h9-10,13H,4-8,11,16H2,1-3H3. The third-order valence-corrected chi connectivity index (χ3v) is 4.03. The Morgan fingerprint density at radius 3 is 3.00 bits per heavy atom. The molecule has 1 aliphatic heterocycles. The van der Waals surface area contributed by atoms with Gasteiger partial charge >= 0.3 is 0 Å². The summed E-state index contributed by atoms with van der Waals surface area (Å²) < 4.78 is 0. The van der Waals surface area contributed by atoms with Gasteiger partial charge in [0, 0.05) is 20.1 Å². The molecule has 1 aromatic rings. The summed E-state index contributed by atoms with van der Waals surface area (Å²) in [6.45, 7) is 5.63. The lowest BCUT2D eigenvalue weighted by molar-refractivity contribution is 0.203. The van der Waals surface area contributed by atoms with Crippen LogP contribution in [-0.2, 0) is 0 Å². The highest BCUT2D eigenvalue weighted by atomic mass is 15.2. The number of anilines is 2. The predicted octanol–water partition coefficient (Wildman–Crippen LogP) is 2.14. The van der Waals surface area contributed by atoms with Crippen LogP contribution in [0, 0.1) is 12.8 Å². The summed E-state index contributed by atoms with van der Waals surface area (Å²) in [5.74, 6) is 1.88. The average Bonchev–Trinajstić information content (AvgIpc) is 2.36. The molecular formula is C15H26N4. The van der Waals surface area contributed by atoms with Crippen LogP contribution in [0.15, 0.2) is 12.3 Å². The Labute approximate surface area is 116 Å². The molecule has 0 amide bonds. The second-order valence-corrected chi connectivity index (χ2v) is 5.89. The Morgan fingerprint density at radius 2 is 2.32 bits per heavy atom. The number of pyridine rings is 1. The van der Waals surface area contributed by atoms with E-state index in [0.29, 0.717) is 0 Å². The summed E-state index contributed by atoms with van der Waals surface area (Å²) in [4.78, 5) is 9.15. The molecule has 0 radical (unpaired) electrons. The van der Waals surface area contributed by atoms with Crippen molar-refractivity contribution in [2.45, 2.75) is 26.2 Å². The van der Waals surface area contributed by atoms with E-state index >= 15 is 0 Å². The van der Waals surface area contributed by atoms with E-state index in [1.165, 1.54) is 32.4 Å². The van der Waals surface area contributed by atoms with Gasteiger partial charge in [-0.3, -0.25) is 0 Å². The Hall–Kier alpha value is -1.29. The van der Waals surface area contributed by atoms with Gasteiger partial charge in [-0.15, -0.1) is 0 Å². The molecule has 4 nitrogen and oxygen atoms in total. The molecule has 2 N–H and O–H groups in total. The Kier molecular flexibility index (Phi) is 4.64. The number of hydrogen-bond acceptors (Lipinski definition) is 4. The van der Waals surface area contributed by atoms with Gasteiger partial charge in [0.1, 0.15) is 5.82 Å². The van der Waals surface area contributed by atoms with E-state index < -0.39 is 0 Å². The van der Waals surface area contributed by atoms with E-state index in [2.05, 4.69) is 35.8 Å². The number of rotatable bonds is 4. The number of nitrogens with two attached hydrogens (primary N) is 1. The molecule has 1 unspecified atom stereocenters. The van der Waals surface area contributed by atoms with Crippen molar-refractivity contribution >= 4 is 11.5 Å². The van der Waals surface area contributed by atoms with E-state index in [0.717, 1.165) is 29.5 Å². The minimum absolute atomic E-state index is 0.739. The van der Waals surface area contributed by atoms with Crippen LogP contribution in [0.2, 0.25) is 0 Å². The van der Waals surface area contributed by atoms with E-state index in [4.69, 9.17) is 5.73 Å². The molecule has 2 rings (SSSR count). The van der Waals surface area contributed by atoms with E-state index in [1.54, 1.807) is 6.20 Å². The normalized spacial score (nSPS) is 20.5. The van der Waals surface area contributed by atoms with Gasteiger partial charge in [-0.05, 0) is 57.3 Å². The van der Waals surface area contributed by atoms with Crippen LogP contribution < -0.4 is 10.6 Å². The minimum atomic E-state index is 0.739. The van der Waals surface area contributed by atoms with Crippen LogP contribution in [0.3, 0.4) is 0 Å². The van der Waals surface area contributed by atoms with E-state index in [9.17, 15) is 0 Å². The molecule has 1 aliphatic rings. The molecular weight excluding hydrogens is 236 g/mol. The fraction of sp³-hybridized carbons (Fsp3) is 0.667. The SMILES string of the molecule is Cc1cc(N)cnc1N(C)CCC1CCCN(C)C1. The molecule has 19 heavy (non-hydrogen) atoms. The number of aryl methyl sites for hydroxylation is 1. The van der Waals surface area contributed by atoms with Crippen LogP contribution in [0.4, 0.5) is 11.5 Å². The van der Waals surface area contributed by atoms with Crippen LogP contribution >= 0.6 is 0 Å². The van der Waals surface area contributed by atoms with Crippen molar-refractivity contribution in [2.75, 3.05) is 44.4 Å². The molecule has 1 fully saturated rings. The van der Waals surface area contributed by atoms with Gasteiger partial charge in [0.25, 0.3) is 0 Å². The summed E-state index contributed by atoms with van der Waals surface area (Å²) in [6.07, 6.45) is 5.69. The first-order valence-corrected chi connectivity index (χ1v) is 7.18. The van der Waals surface area contributed by atoms with E-state index in [1.807, 2.05) is 6.07 Å². The largest absolute Gasteiger partial charge is 0.397 e. The lowest BCUT2D eigenvalue weighted by Crippen LogP contribution is -2.34. The maximum absolute atomic E-state index is 5.75. The van der Waals surface area contributed by atoms with Gasteiger partial charge in [0.15, 0.2) is 0 Å². The van der Waals surface area contributed by atoms with Gasteiger partial charge in [-0.25, -0.2) is 4.98 Å². The highest BCUT2D eigenvalue weighted by Gasteiger charge is 2.18. The zero-order valence-corrected chi connectivity index (χ0v) is 12.4. The number of likely N-dealkylation sites (tertiary alicyclic amines) is 1. The lowest BCUT2D eigenvalue weighted by Gasteiger charge is -2.31. The highest BCUT2D eigenvalue weighted by molar-refractivity contribution is 5.52. The Bertz CT molecular complexity index is 419. The summed E-state index contributed by atoms with van der Waals surface area (Å²) >= 11 is 0. The van der Waals surface area contributed by atoms with Crippen molar-refractivity contribution < 1.29 is 0 Å². The van der Waals surface area contributed by atoms with Gasteiger partial charge in [-0.2, -0.15) is 0 Å². The zero-order chi connectivity index (χ0) is 13.8. The first-order chi connectivity index (χ1) is 9.06. The number of nitrogen functional groups attached to an aromatic ring is 1. The summed E-state index contributed by atoms with van der Waals surface area (Å²) in [7, 11) is 4.35. The number of nitrogens with zero attached hydrogens (tertiary/aromatic N) is 3. The second-order valence-electron chi connectivity index (χ2n) is 5.89. The number of piperidine rings is 1. The monoisotopic (exact) mass is 262 g/mol. The molecule has 0 bridgehead atoms. The molecule has 106 valence electrons. The smallest absolute Gasteiger partial charge is 0.131 e. The fourth-order valence-electron chi connectivity index (χ4n) is 2.98. The molecule has 1 atom stereocenters. The molecule has 0 spiro atoms. The molecule has 0 aliphatic carbocycles. The Balaban J connectivity index is 1.88. The van der Waals surface area contributed by atoms with Crippen LogP contribution in [0.5, 0.6) is 0 Å². The quantitative estimate of drug-likeness (QED) is 0.903. The summed E-state index contributed by atoms with van der Waals surface area (Å²) in [6, 6.07) is 1.99. The second kappa shape index (κ2) is 6.24. The van der Waals surface area contributed by atoms with Crippen molar-refractivity contribution in [1.82, 2.24) is 9.88 Å². The Morgan fingerprint density at radius 1 is 1.53 bits per heavy atom. The fourth-order valence-corrected chi connectivity index (χ4v) is 2.98. The van der Waals surface area contributed by atoms with E-state index in [-0.39, 0.29) is 0 Å². The van der Waals surface area contributed by atoms with Gasteiger partial charge in [-0.1, -0.05) is 0 Å². The van der Waals surface area contributed by atoms with Crippen molar-refractivity contribution in [1.29, 1.82) is 0 Å². The molecule has 0 aromatic carbocycles. The number of aromatic nitrogens is 1. The summed E-state index contributed by atoms with van der Waals surface area (Å²) in [5.41, 5.74) is 7.64. The van der Waals surface area contributed by atoms with Crippen molar-refractivity contribution in [2.24, 2.45) is 5.92 Å². The van der Waals surface area contributed by atoms with Gasteiger partial charge in [0.05, 0.1) is 11.9 Å². The molecule has 0 saturated carbocycles. The summed E-state index contributed by atoms with van der Waals surface area (Å²) in [5, 5.41) is 0. The van der Waals surface area contributed by atoms with Crippen LogP contribution in [0.1, 0.15) is 24.8 Å². The minimum Gasteiger partial charge on any atom is -0.397 e. The first kappa shape index (κ1) is 14.1. The third-order valence-electron chi connectivity index (χ3n) is 4.03. The molecule has 4 heteroatoms. The lowest BCUT2D eigenvalue weighted by atomic mass is 9.95. The van der Waals surface area contributed by atoms with Crippen LogP contribution in [-0.4, -0.2) is 43.6 Å². The molecule has 1 saturated heterocycles. The zero-order valence-electron chi connectivity index (χ0n) is 12.4. The highest BCUT2D eigenvalue weighted by Crippen LogP contribution is 2.22.